The second-order valence-corrected chi connectivity index (χ2v) is 4.36. The molecule has 1 amide bonds. The van der Waals surface area contributed by atoms with E-state index in [0.717, 1.165) is 25.9 Å². The van der Waals surface area contributed by atoms with Crippen molar-refractivity contribution >= 4 is 5.91 Å². The molecule has 0 spiro atoms. The molecule has 0 aliphatic carbocycles. The molecule has 2 heterocycles. The van der Waals surface area contributed by atoms with E-state index in [1.165, 1.54) is 25.9 Å². The SMILES string of the molecule is CCN1CCC(N2CCCC2=O)CC1. The van der Waals surface area contributed by atoms with Crippen LogP contribution in [0.4, 0.5) is 0 Å². The maximum atomic E-state index is 11.5. The molecule has 0 atom stereocenters. The van der Waals surface area contributed by atoms with Gasteiger partial charge >= 0.3 is 0 Å². The third-order valence-electron chi connectivity index (χ3n) is 3.56. The Morgan fingerprint density at radius 1 is 1.29 bits per heavy atom. The lowest BCUT2D eigenvalue weighted by atomic mass is 10.0. The van der Waals surface area contributed by atoms with E-state index < -0.39 is 0 Å². The van der Waals surface area contributed by atoms with Crippen LogP contribution in [-0.2, 0) is 4.79 Å². The molecule has 0 unspecified atom stereocenters. The number of amides is 1. The van der Waals surface area contributed by atoms with Crippen molar-refractivity contribution in [3.63, 3.8) is 0 Å². The minimum Gasteiger partial charge on any atom is -0.340 e. The second kappa shape index (κ2) is 4.30. The molecule has 14 heavy (non-hydrogen) atoms. The van der Waals surface area contributed by atoms with Gasteiger partial charge in [0.15, 0.2) is 0 Å². The van der Waals surface area contributed by atoms with E-state index in [9.17, 15) is 4.79 Å². The average Bonchev–Trinajstić information content (AvgIpc) is 2.65. The molecule has 0 N–H and O–H groups in total. The lowest BCUT2D eigenvalue weighted by Crippen LogP contribution is -2.45. The van der Waals surface area contributed by atoms with Crippen LogP contribution in [0, 0.1) is 0 Å². The molecule has 2 rings (SSSR count). The van der Waals surface area contributed by atoms with Crippen LogP contribution in [0.5, 0.6) is 0 Å². The first-order chi connectivity index (χ1) is 6.81. The van der Waals surface area contributed by atoms with Gasteiger partial charge in [0, 0.05) is 32.1 Å². The van der Waals surface area contributed by atoms with Crippen molar-refractivity contribution in [2.24, 2.45) is 0 Å². The monoisotopic (exact) mass is 196 g/mol. The second-order valence-electron chi connectivity index (χ2n) is 4.36. The van der Waals surface area contributed by atoms with Crippen LogP contribution in [0.1, 0.15) is 32.6 Å². The van der Waals surface area contributed by atoms with Crippen LogP contribution >= 0.6 is 0 Å². The van der Waals surface area contributed by atoms with Gasteiger partial charge in [0.2, 0.25) is 5.91 Å². The lowest BCUT2D eigenvalue weighted by Gasteiger charge is -2.36. The average molecular weight is 196 g/mol. The minimum atomic E-state index is 0.389. The van der Waals surface area contributed by atoms with Gasteiger partial charge in [-0.15, -0.1) is 0 Å². The first-order valence-corrected chi connectivity index (χ1v) is 5.83. The summed E-state index contributed by atoms with van der Waals surface area (Å²) in [5, 5.41) is 0. The molecule has 0 aromatic rings. The van der Waals surface area contributed by atoms with Gasteiger partial charge in [-0.2, -0.15) is 0 Å². The highest BCUT2D eigenvalue weighted by Gasteiger charge is 2.29. The maximum Gasteiger partial charge on any atom is 0.222 e. The molecule has 3 nitrogen and oxygen atoms in total. The lowest BCUT2D eigenvalue weighted by molar-refractivity contribution is -0.130. The van der Waals surface area contributed by atoms with Crippen molar-refractivity contribution in [3.05, 3.63) is 0 Å². The first-order valence-electron chi connectivity index (χ1n) is 5.83. The van der Waals surface area contributed by atoms with Crippen molar-refractivity contribution in [3.8, 4) is 0 Å². The zero-order valence-corrected chi connectivity index (χ0v) is 9.04. The van der Waals surface area contributed by atoms with Crippen LogP contribution in [0.25, 0.3) is 0 Å². The van der Waals surface area contributed by atoms with E-state index in [1.54, 1.807) is 0 Å². The summed E-state index contributed by atoms with van der Waals surface area (Å²) in [5.41, 5.74) is 0. The molecule has 0 radical (unpaired) electrons. The van der Waals surface area contributed by atoms with E-state index in [0.29, 0.717) is 11.9 Å². The number of piperidine rings is 1. The molecule has 2 fully saturated rings. The van der Waals surface area contributed by atoms with Gasteiger partial charge in [0.05, 0.1) is 0 Å². The van der Waals surface area contributed by atoms with Crippen molar-refractivity contribution < 1.29 is 4.79 Å². The number of hydrogen-bond donors (Lipinski definition) is 0. The van der Waals surface area contributed by atoms with Gasteiger partial charge in [0.1, 0.15) is 0 Å². The van der Waals surface area contributed by atoms with E-state index in [-0.39, 0.29) is 0 Å². The molecule has 0 aromatic heterocycles. The Labute approximate surface area is 86.1 Å². The predicted octanol–water partition coefficient (Wildman–Crippen LogP) is 1.09. The minimum absolute atomic E-state index is 0.389. The summed E-state index contributed by atoms with van der Waals surface area (Å²) in [6.07, 6.45) is 4.22. The number of carbonyl (C=O) groups excluding carboxylic acids is 1. The zero-order chi connectivity index (χ0) is 9.97. The van der Waals surface area contributed by atoms with Crippen LogP contribution in [-0.4, -0.2) is 47.9 Å². The van der Waals surface area contributed by atoms with E-state index >= 15 is 0 Å². The van der Waals surface area contributed by atoms with Gasteiger partial charge in [-0.25, -0.2) is 0 Å². The topological polar surface area (TPSA) is 23.6 Å². The molecular weight excluding hydrogens is 176 g/mol. The Morgan fingerprint density at radius 2 is 2.00 bits per heavy atom. The van der Waals surface area contributed by atoms with Crippen LogP contribution in [0.2, 0.25) is 0 Å². The summed E-state index contributed by atoms with van der Waals surface area (Å²) in [6, 6.07) is 0.549. The summed E-state index contributed by atoms with van der Waals surface area (Å²) in [6.45, 7) is 6.72. The number of likely N-dealkylation sites (tertiary alicyclic amines) is 2. The number of carbonyl (C=O) groups is 1. The highest BCUT2D eigenvalue weighted by atomic mass is 16.2. The van der Waals surface area contributed by atoms with Crippen molar-refractivity contribution in [2.45, 2.75) is 38.6 Å². The Morgan fingerprint density at radius 3 is 2.50 bits per heavy atom. The summed E-state index contributed by atoms with van der Waals surface area (Å²) in [4.78, 5) is 16.1. The van der Waals surface area contributed by atoms with Crippen molar-refractivity contribution in [1.82, 2.24) is 9.80 Å². The number of nitrogens with zero attached hydrogens (tertiary/aromatic N) is 2. The van der Waals surface area contributed by atoms with Gasteiger partial charge in [-0.3, -0.25) is 4.79 Å². The van der Waals surface area contributed by atoms with Crippen molar-refractivity contribution in [2.75, 3.05) is 26.2 Å². The molecule has 0 saturated carbocycles. The molecule has 0 bridgehead atoms. The first kappa shape index (κ1) is 9.97. The van der Waals surface area contributed by atoms with Gasteiger partial charge < -0.3 is 9.80 Å². The van der Waals surface area contributed by atoms with E-state index in [4.69, 9.17) is 0 Å². The Balaban J connectivity index is 1.85. The number of hydrogen-bond acceptors (Lipinski definition) is 2. The summed E-state index contributed by atoms with van der Waals surface area (Å²) < 4.78 is 0. The van der Waals surface area contributed by atoms with Gasteiger partial charge in [-0.05, 0) is 25.8 Å². The molecule has 0 aromatic carbocycles. The van der Waals surface area contributed by atoms with Gasteiger partial charge in [-0.1, -0.05) is 6.92 Å². The molecule has 80 valence electrons. The predicted molar refractivity (Wildman–Crippen MR) is 56.1 cm³/mol. The van der Waals surface area contributed by atoms with Crippen LogP contribution in [0.15, 0.2) is 0 Å². The largest absolute Gasteiger partial charge is 0.340 e. The van der Waals surface area contributed by atoms with Crippen LogP contribution in [0.3, 0.4) is 0 Å². The van der Waals surface area contributed by atoms with E-state index in [2.05, 4.69) is 16.7 Å². The third-order valence-corrected chi connectivity index (χ3v) is 3.56. The highest BCUT2D eigenvalue weighted by molar-refractivity contribution is 5.78. The Hall–Kier alpha value is -0.570. The Kier molecular flexibility index (Phi) is 3.06. The zero-order valence-electron chi connectivity index (χ0n) is 9.04. The smallest absolute Gasteiger partial charge is 0.222 e. The standard InChI is InChI=1S/C11H20N2O/c1-2-12-8-5-10(6-9-12)13-7-3-4-11(13)14/h10H,2-9H2,1H3. The fourth-order valence-electron chi connectivity index (χ4n) is 2.60. The normalized spacial score (nSPS) is 26.1. The van der Waals surface area contributed by atoms with Gasteiger partial charge in [0.25, 0.3) is 0 Å². The Bertz CT molecular complexity index is 209. The summed E-state index contributed by atoms with van der Waals surface area (Å²) >= 11 is 0. The van der Waals surface area contributed by atoms with Crippen molar-refractivity contribution in [1.29, 1.82) is 0 Å². The highest BCUT2D eigenvalue weighted by Crippen LogP contribution is 2.21. The maximum absolute atomic E-state index is 11.5. The van der Waals surface area contributed by atoms with Crippen LogP contribution < -0.4 is 0 Å². The molecule has 3 heteroatoms. The summed E-state index contributed by atoms with van der Waals surface area (Å²) in [5.74, 6) is 0.389. The quantitative estimate of drug-likeness (QED) is 0.660. The van der Waals surface area contributed by atoms with E-state index in [1.807, 2.05) is 0 Å². The third kappa shape index (κ3) is 1.92. The molecule has 2 aliphatic heterocycles. The molecule has 2 aliphatic rings. The fraction of sp³-hybridized carbons (Fsp3) is 0.909. The molecule has 2 saturated heterocycles. The number of rotatable bonds is 2. The molecular formula is C11H20N2O. The fourth-order valence-corrected chi connectivity index (χ4v) is 2.60. The summed E-state index contributed by atoms with van der Waals surface area (Å²) in [7, 11) is 0.